The van der Waals surface area contributed by atoms with Gasteiger partial charge < -0.3 is 10.6 Å². The maximum Gasteiger partial charge on any atom is 0.260 e. The van der Waals surface area contributed by atoms with Crippen LogP contribution in [0.25, 0.3) is 6.08 Å². The van der Waals surface area contributed by atoms with Crippen molar-refractivity contribution in [1.82, 2.24) is 5.32 Å². The average molecular weight is 282 g/mol. The zero-order chi connectivity index (χ0) is 13.8. The third-order valence-corrected chi connectivity index (χ3v) is 3.93. The molecule has 100 valence electrons. The number of thioether (sulfide) groups is 1. The van der Waals surface area contributed by atoms with Crippen LogP contribution < -0.4 is 10.6 Å². The Morgan fingerprint density at radius 2 is 1.65 bits per heavy atom. The molecule has 0 radical (unpaired) electrons. The number of nitrogens with one attached hydrogen (secondary N) is 2. The van der Waals surface area contributed by atoms with Gasteiger partial charge in [-0.25, -0.2) is 0 Å². The quantitative estimate of drug-likeness (QED) is 0.849. The van der Waals surface area contributed by atoms with E-state index in [2.05, 4.69) is 10.6 Å². The Hall–Kier alpha value is -2.20. The van der Waals surface area contributed by atoms with Crippen molar-refractivity contribution in [3.8, 4) is 0 Å². The molecule has 1 heterocycles. The zero-order valence-corrected chi connectivity index (χ0v) is 11.6. The van der Waals surface area contributed by atoms with Crippen molar-refractivity contribution in [3.05, 3.63) is 71.1 Å². The summed E-state index contributed by atoms with van der Waals surface area (Å²) in [4.78, 5) is 12.7. The van der Waals surface area contributed by atoms with Crippen molar-refractivity contribution in [2.45, 2.75) is 5.50 Å². The number of amides is 1. The van der Waals surface area contributed by atoms with Gasteiger partial charge in [0.05, 0.1) is 4.91 Å². The van der Waals surface area contributed by atoms with Gasteiger partial charge in [0, 0.05) is 5.69 Å². The molecule has 3 nitrogen and oxygen atoms in total. The van der Waals surface area contributed by atoms with Crippen LogP contribution in [-0.4, -0.2) is 11.4 Å². The molecule has 1 atom stereocenters. The maximum atomic E-state index is 11.9. The Kier molecular flexibility index (Phi) is 3.74. The number of anilines is 1. The van der Waals surface area contributed by atoms with Crippen molar-refractivity contribution in [1.29, 1.82) is 0 Å². The van der Waals surface area contributed by atoms with Gasteiger partial charge in [-0.1, -0.05) is 60.3 Å². The third kappa shape index (κ3) is 3.03. The summed E-state index contributed by atoms with van der Waals surface area (Å²) in [6.07, 6.45) is 1.91. The molecule has 0 bridgehead atoms. The van der Waals surface area contributed by atoms with Gasteiger partial charge in [-0.15, -0.1) is 0 Å². The van der Waals surface area contributed by atoms with Gasteiger partial charge in [-0.2, -0.15) is 0 Å². The summed E-state index contributed by atoms with van der Waals surface area (Å²) in [5.74, 6) is -0.0349. The normalized spacial score (nSPS) is 19.9. The van der Waals surface area contributed by atoms with Crippen molar-refractivity contribution >= 4 is 29.4 Å². The minimum Gasteiger partial charge on any atom is -0.357 e. The number of rotatable bonds is 3. The lowest BCUT2D eigenvalue weighted by molar-refractivity contribution is -0.116. The molecule has 20 heavy (non-hydrogen) atoms. The predicted molar refractivity (Wildman–Crippen MR) is 84.0 cm³/mol. The molecule has 0 spiro atoms. The molecule has 1 aliphatic heterocycles. The van der Waals surface area contributed by atoms with Gasteiger partial charge in [-0.05, 0) is 23.8 Å². The number of hydrogen-bond acceptors (Lipinski definition) is 3. The number of para-hydroxylation sites is 1. The summed E-state index contributed by atoms with van der Waals surface area (Å²) in [5.41, 5.74) is 1.90. The number of carbonyl (C=O) groups is 1. The summed E-state index contributed by atoms with van der Waals surface area (Å²) in [6, 6.07) is 19.7. The van der Waals surface area contributed by atoms with E-state index in [1.54, 1.807) is 0 Å². The van der Waals surface area contributed by atoms with Crippen LogP contribution in [-0.2, 0) is 4.79 Å². The number of carbonyl (C=O) groups excluding carboxylic acids is 1. The fourth-order valence-electron chi connectivity index (χ4n) is 1.95. The Bertz CT molecular complexity index is 625. The maximum absolute atomic E-state index is 11.9. The van der Waals surface area contributed by atoms with Gasteiger partial charge in [0.25, 0.3) is 5.91 Å². The first-order valence-corrected chi connectivity index (χ1v) is 7.25. The Morgan fingerprint density at radius 3 is 2.35 bits per heavy atom. The molecule has 0 aliphatic carbocycles. The number of hydrogen-bond donors (Lipinski definition) is 2. The molecular weight excluding hydrogens is 268 g/mol. The van der Waals surface area contributed by atoms with E-state index in [1.165, 1.54) is 11.8 Å². The van der Waals surface area contributed by atoms with Crippen LogP contribution >= 0.6 is 11.8 Å². The van der Waals surface area contributed by atoms with E-state index in [9.17, 15) is 4.79 Å². The lowest BCUT2D eigenvalue weighted by atomic mass is 10.2. The first-order valence-electron chi connectivity index (χ1n) is 6.37. The third-order valence-electron chi connectivity index (χ3n) is 2.90. The highest BCUT2D eigenvalue weighted by molar-refractivity contribution is 8.05. The smallest absolute Gasteiger partial charge is 0.260 e. The van der Waals surface area contributed by atoms with Crippen LogP contribution in [0.2, 0.25) is 0 Å². The second kappa shape index (κ2) is 5.84. The molecule has 1 aliphatic rings. The van der Waals surface area contributed by atoms with Crippen molar-refractivity contribution in [2.75, 3.05) is 5.32 Å². The van der Waals surface area contributed by atoms with E-state index in [0.717, 1.165) is 16.2 Å². The second-order valence-corrected chi connectivity index (χ2v) is 5.55. The summed E-state index contributed by atoms with van der Waals surface area (Å²) < 4.78 is 0. The Balaban J connectivity index is 1.71. The Morgan fingerprint density at radius 1 is 1.00 bits per heavy atom. The Labute approximate surface area is 122 Å². The highest BCUT2D eigenvalue weighted by Crippen LogP contribution is 2.29. The van der Waals surface area contributed by atoms with Crippen LogP contribution in [0.15, 0.2) is 65.6 Å². The summed E-state index contributed by atoms with van der Waals surface area (Å²) in [6.45, 7) is 0. The fourth-order valence-corrected chi connectivity index (χ4v) is 2.94. The molecule has 2 aromatic carbocycles. The molecule has 1 amide bonds. The van der Waals surface area contributed by atoms with E-state index >= 15 is 0 Å². The highest BCUT2D eigenvalue weighted by Gasteiger charge is 2.26. The van der Waals surface area contributed by atoms with Crippen LogP contribution in [0.1, 0.15) is 5.56 Å². The lowest BCUT2D eigenvalue weighted by Gasteiger charge is -2.12. The van der Waals surface area contributed by atoms with Gasteiger partial charge in [0.1, 0.15) is 0 Å². The average Bonchev–Trinajstić information content (AvgIpc) is 2.81. The molecule has 2 N–H and O–H groups in total. The predicted octanol–water partition coefficient (Wildman–Crippen LogP) is 3.29. The van der Waals surface area contributed by atoms with E-state index < -0.39 is 0 Å². The molecule has 4 heteroatoms. The molecule has 1 fully saturated rings. The van der Waals surface area contributed by atoms with Crippen molar-refractivity contribution < 1.29 is 4.79 Å². The van der Waals surface area contributed by atoms with Crippen LogP contribution in [0, 0.1) is 0 Å². The van der Waals surface area contributed by atoms with Crippen LogP contribution in [0.5, 0.6) is 0 Å². The van der Waals surface area contributed by atoms with E-state index in [-0.39, 0.29) is 11.4 Å². The molecule has 1 saturated heterocycles. The largest absolute Gasteiger partial charge is 0.357 e. The summed E-state index contributed by atoms with van der Waals surface area (Å²) >= 11 is 1.50. The topological polar surface area (TPSA) is 41.1 Å². The molecule has 2 aromatic rings. The van der Waals surface area contributed by atoms with E-state index in [4.69, 9.17) is 0 Å². The minimum atomic E-state index is -0.125. The molecule has 0 saturated carbocycles. The van der Waals surface area contributed by atoms with Gasteiger partial charge in [0.15, 0.2) is 5.50 Å². The summed E-state index contributed by atoms with van der Waals surface area (Å²) in [5, 5.41) is 6.19. The van der Waals surface area contributed by atoms with E-state index in [0.29, 0.717) is 0 Å². The molecular formula is C16H14N2OS. The van der Waals surface area contributed by atoms with Crippen LogP contribution in [0.3, 0.4) is 0 Å². The molecule has 3 rings (SSSR count). The first-order chi connectivity index (χ1) is 9.81. The lowest BCUT2D eigenvalue weighted by Crippen LogP contribution is -2.30. The fraction of sp³-hybridized carbons (Fsp3) is 0.0625. The van der Waals surface area contributed by atoms with Crippen molar-refractivity contribution in [3.63, 3.8) is 0 Å². The first kappa shape index (κ1) is 12.8. The molecule has 1 unspecified atom stereocenters. The minimum absolute atomic E-state index is 0.0349. The highest BCUT2D eigenvalue weighted by atomic mass is 32.2. The monoisotopic (exact) mass is 282 g/mol. The van der Waals surface area contributed by atoms with Crippen LogP contribution in [0.4, 0.5) is 5.69 Å². The second-order valence-electron chi connectivity index (χ2n) is 4.40. The summed E-state index contributed by atoms with van der Waals surface area (Å²) in [7, 11) is 0. The standard InChI is InChI=1S/C16H14N2OS/c19-15-14(11-12-7-3-1-4-8-12)20-16(18-15)17-13-9-5-2-6-10-13/h1-11,16-17H,(H,18,19)/b14-11+. The van der Waals surface area contributed by atoms with Gasteiger partial charge in [0.2, 0.25) is 0 Å². The van der Waals surface area contributed by atoms with Gasteiger partial charge in [-0.3, -0.25) is 4.79 Å². The number of benzene rings is 2. The van der Waals surface area contributed by atoms with E-state index in [1.807, 2.05) is 66.7 Å². The molecule has 0 aromatic heterocycles. The zero-order valence-electron chi connectivity index (χ0n) is 10.7. The SMILES string of the molecule is O=C1NC(Nc2ccccc2)S/C1=C/c1ccccc1. The van der Waals surface area contributed by atoms with Gasteiger partial charge >= 0.3 is 0 Å². The van der Waals surface area contributed by atoms with Crippen molar-refractivity contribution in [2.24, 2.45) is 0 Å².